The molecule has 158 valence electrons. The number of hydrogen-bond donors (Lipinski definition) is 1. The highest BCUT2D eigenvalue weighted by atomic mass is 32.2. The first kappa shape index (κ1) is 21.3. The van der Waals surface area contributed by atoms with Crippen LogP contribution in [0.2, 0.25) is 0 Å². The van der Waals surface area contributed by atoms with Gasteiger partial charge in [0.1, 0.15) is 11.5 Å². The number of nitrogens with one attached hydrogen (secondary N) is 1. The minimum absolute atomic E-state index is 0.0560. The number of nitrogens with zero attached hydrogens (tertiary/aromatic N) is 1. The SMILES string of the molecule is COc1ccc(OC)c(NS(=O)(=O)c2ccc(N3CCCCS3(=O)=O)cc2C)c1. The second-order valence-electron chi connectivity index (χ2n) is 6.72. The maximum atomic E-state index is 13.0. The largest absolute Gasteiger partial charge is 0.497 e. The van der Waals surface area contributed by atoms with Gasteiger partial charge < -0.3 is 9.47 Å². The van der Waals surface area contributed by atoms with Crippen LogP contribution in [-0.4, -0.2) is 43.4 Å². The van der Waals surface area contributed by atoms with Crippen molar-refractivity contribution in [1.29, 1.82) is 0 Å². The van der Waals surface area contributed by atoms with Gasteiger partial charge in [-0.05, 0) is 55.7 Å². The Kier molecular flexibility index (Phi) is 5.95. The first-order chi connectivity index (χ1) is 13.7. The Morgan fingerprint density at radius 3 is 2.41 bits per heavy atom. The summed E-state index contributed by atoms with van der Waals surface area (Å²) >= 11 is 0. The van der Waals surface area contributed by atoms with E-state index in [-0.39, 0.29) is 16.3 Å². The van der Waals surface area contributed by atoms with Crippen LogP contribution in [0.5, 0.6) is 11.5 Å². The Balaban J connectivity index is 1.94. The maximum Gasteiger partial charge on any atom is 0.262 e. The second-order valence-corrected chi connectivity index (χ2v) is 10.4. The molecule has 1 saturated heterocycles. The standard InChI is InChI=1S/C19H24N2O6S2/c1-14-12-15(21-10-4-5-11-28(21,22)23)6-9-19(14)29(24,25)20-17-13-16(26-2)7-8-18(17)27-3/h6-9,12-13,20H,4-5,10-11H2,1-3H3. The predicted molar refractivity (Wildman–Crippen MR) is 112 cm³/mol. The average molecular weight is 441 g/mol. The predicted octanol–water partition coefficient (Wildman–Crippen LogP) is 2.74. The van der Waals surface area contributed by atoms with Gasteiger partial charge in [0, 0.05) is 12.6 Å². The molecule has 8 nitrogen and oxygen atoms in total. The molecular formula is C19H24N2O6S2. The fourth-order valence-corrected chi connectivity index (χ4v) is 6.18. The van der Waals surface area contributed by atoms with E-state index < -0.39 is 20.0 Å². The summed E-state index contributed by atoms with van der Waals surface area (Å²) in [6, 6.07) is 9.32. The fourth-order valence-electron chi connectivity index (χ4n) is 3.26. The second kappa shape index (κ2) is 8.11. The molecule has 1 heterocycles. The van der Waals surface area contributed by atoms with Crippen LogP contribution < -0.4 is 18.5 Å². The van der Waals surface area contributed by atoms with Crippen molar-refractivity contribution in [3.05, 3.63) is 42.0 Å². The molecule has 0 aromatic heterocycles. The van der Waals surface area contributed by atoms with Crippen LogP contribution in [0.3, 0.4) is 0 Å². The van der Waals surface area contributed by atoms with Crippen molar-refractivity contribution in [2.45, 2.75) is 24.7 Å². The van der Waals surface area contributed by atoms with Crippen molar-refractivity contribution in [3.63, 3.8) is 0 Å². The molecular weight excluding hydrogens is 416 g/mol. The molecule has 0 aliphatic carbocycles. The molecule has 1 aliphatic heterocycles. The van der Waals surface area contributed by atoms with Crippen molar-refractivity contribution in [2.75, 3.05) is 35.5 Å². The quantitative estimate of drug-likeness (QED) is 0.741. The van der Waals surface area contributed by atoms with E-state index in [4.69, 9.17) is 9.47 Å². The molecule has 1 aliphatic rings. The number of ether oxygens (including phenoxy) is 2. The van der Waals surface area contributed by atoms with Crippen LogP contribution in [0.4, 0.5) is 11.4 Å². The number of hydrogen-bond acceptors (Lipinski definition) is 6. The lowest BCUT2D eigenvalue weighted by atomic mass is 10.2. The Bertz CT molecular complexity index is 1110. The zero-order valence-electron chi connectivity index (χ0n) is 16.5. The van der Waals surface area contributed by atoms with Crippen molar-refractivity contribution in [3.8, 4) is 11.5 Å². The fraction of sp³-hybridized carbons (Fsp3) is 0.368. The van der Waals surface area contributed by atoms with Crippen molar-refractivity contribution >= 4 is 31.4 Å². The number of methoxy groups -OCH3 is 2. The Labute approximate surface area is 171 Å². The zero-order valence-corrected chi connectivity index (χ0v) is 18.1. The molecule has 2 aromatic rings. The van der Waals surface area contributed by atoms with Gasteiger partial charge >= 0.3 is 0 Å². The van der Waals surface area contributed by atoms with Gasteiger partial charge in [-0.2, -0.15) is 0 Å². The van der Waals surface area contributed by atoms with Crippen molar-refractivity contribution in [1.82, 2.24) is 0 Å². The molecule has 0 saturated carbocycles. The van der Waals surface area contributed by atoms with E-state index in [1.165, 1.54) is 36.7 Å². The zero-order chi connectivity index (χ0) is 21.2. The Hall–Kier alpha value is -2.46. The number of aryl methyl sites for hydroxylation is 1. The van der Waals surface area contributed by atoms with Crippen LogP contribution in [0.15, 0.2) is 41.3 Å². The van der Waals surface area contributed by atoms with Gasteiger partial charge in [-0.25, -0.2) is 16.8 Å². The molecule has 0 spiro atoms. The number of rotatable bonds is 6. The highest BCUT2D eigenvalue weighted by Crippen LogP contribution is 2.32. The third kappa shape index (κ3) is 4.43. The van der Waals surface area contributed by atoms with Crippen LogP contribution in [0, 0.1) is 6.92 Å². The summed E-state index contributed by atoms with van der Waals surface area (Å²) in [5.74, 6) is 0.928. The third-order valence-corrected chi connectivity index (χ3v) is 8.13. The van der Waals surface area contributed by atoms with Crippen LogP contribution in [-0.2, 0) is 20.0 Å². The number of sulfonamides is 2. The molecule has 0 atom stereocenters. The van der Waals surface area contributed by atoms with Gasteiger partial charge in [0.25, 0.3) is 10.0 Å². The third-order valence-electron chi connectivity index (χ3n) is 4.74. The smallest absolute Gasteiger partial charge is 0.262 e. The van der Waals surface area contributed by atoms with E-state index in [0.29, 0.717) is 35.7 Å². The average Bonchev–Trinajstić information content (AvgIpc) is 2.67. The molecule has 0 bridgehead atoms. The summed E-state index contributed by atoms with van der Waals surface area (Å²) in [5.41, 5.74) is 1.16. The maximum absolute atomic E-state index is 13.0. The molecule has 29 heavy (non-hydrogen) atoms. The molecule has 0 amide bonds. The summed E-state index contributed by atoms with van der Waals surface area (Å²) in [5, 5.41) is 0. The van der Waals surface area contributed by atoms with E-state index in [9.17, 15) is 16.8 Å². The number of benzene rings is 2. The molecule has 1 fully saturated rings. The van der Waals surface area contributed by atoms with Crippen molar-refractivity contribution in [2.24, 2.45) is 0 Å². The Morgan fingerprint density at radius 2 is 1.79 bits per heavy atom. The van der Waals surface area contributed by atoms with Gasteiger partial charge in [0.15, 0.2) is 0 Å². The topological polar surface area (TPSA) is 102 Å². The summed E-state index contributed by atoms with van der Waals surface area (Å²) in [4.78, 5) is 0.0560. The summed E-state index contributed by atoms with van der Waals surface area (Å²) in [7, 11) is -4.37. The first-order valence-electron chi connectivity index (χ1n) is 9.04. The summed E-state index contributed by atoms with van der Waals surface area (Å²) in [6.07, 6.45) is 1.41. The van der Waals surface area contributed by atoms with Crippen LogP contribution >= 0.6 is 0 Å². The molecule has 1 N–H and O–H groups in total. The van der Waals surface area contributed by atoms with E-state index in [1.54, 1.807) is 25.1 Å². The molecule has 2 aromatic carbocycles. The van der Waals surface area contributed by atoms with Crippen LogP contribution in [0.25, 0.3) is 0 Å². The van der Waals surface area contributed by atoms with Gasteiger partial charge in [0.2, 0.25) is 10.0 Å². The van der Waals surface area contributed by atoms with Crippen molar-refractivity contribution < 1.29 is 26.3 Å². The molecule has 10 heteroatoms. The van der Waals surface area contributed by atoms with E-state index >= 15 is 0 Å². The summed E-state index contributed by atoms with van der Waals surface area (Å²) < 4.78 is 64.8. The van der Waals surface area contributed by atoms with E-state index in [2.05, 4.69) is 4.72 Å². The molecule has 0 unspecified atom stereocenters. The molecule has 0 radical (unpaired) electrons. The summed E-state index contributed by atoms with van der Waals surface area (Å²) in [6.45, 7) is 2.03. The van der Waals surface area contributed by atoms with Gasteiger partial charge in [0.05, 0.1) is 36.2 Å². The highest BCUT2D eigenvalue weighted by molar-refractivity contribution is 7.93. The first-order valence-corrected chi connectivity index (χ1v) is 12.1. The normalized spacial score (nSPS) is 16.3. The van der Waals surface area contributed by atoms with E-state index in [0.717, 1.165) is 6.42 Å². The number of anilines is 2. The van der Waals surface area contributed by atoms with Gasteiger partial charge in [-0.15, -0.1) is 0 Å². The van der Waals surface area contributed by atoms with Gasteiger partial charge in [-0.3, -0.25) is 9.03 Å². The Morgan fingerprint density at radius 1 is 1.03 bits per heavy atom. The lowest BCUT2D eigenvalue weighted by Gasteiger charge is -2.28. The molecule has 3 rings (SSSR count). The van der Waals surface area contributed by atoms with Crippen LogP contribution in [0.1, 0.15) is 18.4 Å². The minimum atomic E-state index is -3.93. The minimum Gasteiger partial charge on any atom is -0.497 e. The monoisotopic (exact) mass is 440 g/mol. The van der Waals surface area contributed by atoms with E-state index in [1.807, 2.05) is 0 Å². The van der Waals surface area contributed by atoms with Gasteiger partial charge in [-0.1, -0.05) is 0 Å². The lowest BCUT2D eigenvalue weighted by Crippen LogP contribution is -2.37. The highest BCUT2D eigenvalue weighted by Gasteiger charge is 2.27. The lowest BCUT2D eigenvalue weighted by molar-refractivity contribution is 0.405.